The molecule has 1 heterocycles. The minimum Gasteiger partial charge on any atom is -0.480 e. The third-order valence-corrected chi connectivity index (χ3v) is 3.69. The highest BCUT2D eigenvalue weighted by atomic mass is 16.4. The van der Waals surface area contributed by atoms with Gasteiger partial charge >= 0.3 is 12.0 Å². The van der Waals surface area contributed by atoms with E-state index in [9.17, 15) is 14.4 Å². The fraction of sp³-hybridized carbons (Fsp3) is 0.800. The van der Waals surface area contributed by atoms with E-state index in [4.69, 9.17) is 5.11 Å². The molecule has 0 spiro atoms. The van der Waals surface area contributed by atoms with Crippen molar-refractivity contribution in [3.05, 3.63) is 0 Å². The molecule has 22 heavy (non-hydrogen) atoms. The highest BCUT2D eigenvalue weighted by molar-refractivity contribution is 5.83. The van der Waals surface area contributed by atoms with Crippen LogP contribution in [0.5, 0.6) is 0 Å². The largest absolute Gasteiger partial charge is 0.480 e. The molecule has 1 fully saturated rings. The molecule has 1 saturated heterocycles. The van der Waals surface area contributed by atoms with Crippen molar-refractivity contribution in [1.82, 2.24) is 15.5 Å². The number of aliphatic carboxylic acids is 1. The Morgan fingerprint density at radius 2 is 1.95 bits per heavy atom. The average molecular weight is 313 g/mol. The molecule has 3 N–H and O–H groups in total. The Bertz CT molecular complexity index is 412. The van der Waals surface area contributed by atoms with Crippen LogP contribution in [0.4, 0.5) is 4.79 Å². The van der Waals surface area contributed by atoms with Crippen LogP contribution in [0.2, 0.25) is 0 Å². The summed E-state index contributed by atoms with van der Waals surface area (Å²) in [6.07, 6.45) is 2.00. The van der Waals surface area contributed by atoms with E-state index < -0.39 is 12.0 Å². The Kier molecular flexibility index (Phi) is 7.14. The zero-order valence-corrected chi connectivity index (χ0v) is 13.6. The summed E-state index contributed by atoms with van der Waals surface area (Å²) in [5.41, 5.74) is 0. The summed E-state index contributed by atoms with van der Waals surface area (Å²) < 4.78 is 0. The van der Waals surface area contributed by atoms with Crippen LogP contribution in [0, 0.1) is 11.8 Å². The molecular weight excluding hydrogens is 286 g/mol. The summed E-state index contributed by atoms with van der Waals surface area (Å²) in [5, 5.41) is 14.1. The van der Waals surface area contributed by atoms with Crippen LogP contribution in [0.1, 0.15) is 40.0 Å². The molecule has 0 aliphatic carbocycles. The number of likely N-dealkylation sites (tertiary alicyclic amines) is 1. The standard InChI is InChI=1S/C15H27N3O4/c1-10(2)8-16-15(22)18-6-4-5-12(9-18)7-13(19)17-11(3)14(20)21/h10-12H,4-9H2,1-3H3,(H,16,22)(H,17,19)(H,20,21). The van der Waals surface area contributed by atoms with Gasteiger partial charge in [-0.15, -0.1) is 0 Å². The maximum Gasteiger partial charge on any atom is 0.325 e. The van der Waals surface area contributed by atoms with Gasteiger partial charge in [-0.3, -0.25) is 9.59 Å². The van der Waals surface area contributed by atoms with Crippen molar-refractivity contribution < 1.29 is 19.5 Å². The van der Waals surface area contributed by atoms with Crippen molar-refractivity contribution in [2.45, 2.75) is 46.1 Å². The first kappa shape index (κ1) is 18.3. The van der Waals surface area contributed by atoms with Crippen molar-refractivity contribution in [2.24, 2.45) is 11.8 Å². The molecule has 3 amide bonds. The van der Waals surface area contributed by atoms with Crippen LogP contribution < -0.4 is 10.6 Å². The van der Waals surface area contributed by atoms with Crippen molar-refractivity contribution in [3.8, 4) is 0 Å². The highest BCUT2D eigenvalue weighted by Gasteiger charge is 2.26. The number of hydrogen-bond donors (Lipinski definition) is 3. The van der Waals surface area contributed by atoms with E-state index in [1.165, 1.54) is 6.92 Å². The second kappa shape index (κ2) is 8.60. The van der Waals surface area contributed by atoms with Gasteiger partial charge in [-0.2, -0.15) is 0 Å². The van der Waals surface area contributed by atoms with Crippen molar-refractivity contribution in [2.75, 3.05) is 19.6 Å². The van der Waals surface area contributed by atoms with Crippen LogP contribution in [0.3, 0.4) is 0 Å². The lowest BCUT2D eigenvalue weighted by Gasteiger charge is -2.32. The molecule has 2 unspecified atom stereocenters. The summed E-state index contributed by atoms with van der Waals surface area (Å²) in [7, 11) is 0. The third kappa shape index (κ3) is 6.32. The molecule has 0 saturated carbocycles. The number of rotatable bonds is 6. The number of urea groups is 1. The lowest BCUT2D eigenvalue weighted by atomic mass is 9.94. The molecule has 1 aliphatic heterocycles. The summed E-state index contributed by atoms with van der Waals surface area (Å²) in [5.74, 6) is -0.844. The van der Waals surface area contributed by atoms with E-state index in [-0.39, 0.29) is 24.3 Å². The smallest absolute Gasteiger partial charge is 0.325 e. The van der Waals surface area contributed by atoms with Gasteiger partial charge in [0, 0.05) is 26.1 Å². The summed E-state index contributed by atoms with van der Waals surface area (Å²) in [4.78, 5) is 36.3. The molecule has 2 atom stereocenters. The average Bonchev–Trinajstić information content (AvgIpc) is 2.44. The molecule has 0 radical (unpaired) electrons. The fourth-order valence-electron chi connectivity index (χ4n) is 2.44. The maximum atomic E-state index is 12.0. The van der Waals surface area contributed by atoms with Crippen LogP contribution in [0.25, 0.3) is 0 Å². The number of amides is 3. The molecule has 0 aromatic heterocycles. The lowest BCUT2D eigenvalue weighted by molar-refractivity contribution is -0.141. The number of carbonyl (C=O) groups is 3. The van der Waals surface area contributed by atoms with E-state index in [0.29, 0.717) is 25.6 Å². The van der Waals surface area contributed by atoms with E-state index in [2.05, 4.69) is 10.6 Å². The Balaban J connectivity index is 2.41. The zero-order valence-electron chi connectivity index (χ0n) is 13.6. The van der Waals surface area contributed by atoms with Gasteiger partial charge in [-0.25, -0.2) is 4.79 Å². The van der Waals surface area contributed by atoms with Crippen molar-refractivity contribution in [1.29, 1.82) is 0 Å². The number of carboxylic acid groups (broad SMARTS) is 1. The van der Waals surface area contributed by atoms with E-state index in [0.717, 1.165) is 12.8 Å². The quantitative estimate of drug-likeness (QED) is 0.682. The molecule has 0 aromatic rings. The topological polar surface area (TPSA) is 98.7 Å². The number of piperidine rings is 1. The molecule has 1 rings (SSSR count). The normalized spacial score (nSPS) is 19.6. The van der Waals surface area contributed by atoms with Crippen molar-refractivity contribution in [3.63, 3.8) is 0 Å². The number of hydrogen-bond acceptors (Lipinski definition) is 3. The van der Waals surface area contributed by atoms with Gasteiger partial charge in [0.25, 0.3) is 0 Å². The molecule has 7 heteroatoms. The first-order chi connectivity index (χ1) is 10.3. The molecule has 1 aliphatic rings. The third-order valence-electron chi connectivity index (χ3n) is 3.69. The van der Waals surface area contributed by atoms with Gasteiger partial charge in [0.2, 0.25) is 5.91 Å². The first-order valence-electron chi connectivity index (χ1n) is 7.84. The van der Waals surface area contributed by atoms with Crippen LogP contribution in [0.15, 0.2) is 0 Å². The maximum absolute atomic E-state index is 12.0. The predicted octanol–water partition coefficient (Wildman–Crippen LogP) is 1.04. The predicted molar refractivity (Wildman–Crippen MR) is 82.4 cm³/mol. The Morgan fingerprint density at radius 1 is 1.27 bits per heavy atom. The van der Waals surface area contributed by atoms with E-state index in [1.54, 1.807) is 4.90 Å². The molecule has 0 bridgehead atoms. The van der Waals surface area contributed by atoms with Gasteiger partial charge < -0.3 is 20.6 Å². The second-order valence-electron chi connectivity index (χ2n) is 6.37. The van der Waals surface area contributed by atoms with Gasteiger partial charge in [-0.1, -0.05) is 13.8 Å². The monoisotopic (exact) mass is 313 g/mol. The Hall–Kier alpha value is -1.79. The minimum absolute atomic E-state index is 0.0829. The van der Waals surface area contributed by atoms with Crippen molar-refractivity contribution >= 4 is 17.9 Å². The summed E-state index contributed by atoms with van der Waals surface area (Å²) >= 11 is 0. The second-order valence-corrected chi connectivity index (χ2v) is 6.37. The van der Waals surface area contributed by atoms with E-state index in [1.807, 2.05) is 13.8 Å². The minimum atomic E-state index is -1.05. The molecular formula is C15H27N3O4. The van der Waals surface area contributed by atoms with Gasteiger partial charge in [0.05, 0.1) is 0 Å². The summed E-state index contributed by atoms with van der Waals surface area (Å²) in [6.45, 7) is 7.39. The van der Waals surface area contributed by atoms with Gasteiger partial charge in [-0.05, 0) is 31.6 Å². The SMILES string of the molecule is CC(C)CNC(=O)N1CCCC(CC(=O)NC(C)C(=O)O)C1. The van der Waals surface area contributed by atoms with Crippen LogP contribution in [-0.4, -0.2) is 53.6 Å². The first-order valence-corrected chi connectivity index (χ1v) is 7.84. The highest BCUT2D eigenvalue weighted by Crippen LogP contribution is 2.19. The van der Waals surface area contributed by atoms with Crippen LogP contribution >= 0.6 is 0 Å². The zero-order chi connectivity index (χ0) is 16.7. The van der Waals surface area contributed by atoms with Crippen LogP contribution in [-0.2, 0) is 9.59 Å². The fourth-order valence-corrected chi connectivity index (χ4v) is 2.44. The number of carboxylic acids is 1. The van der Waals surface area contributed by atoms with Gasteiger partial charge in [0.15, 0.2) is 0 Å². The molecule has 0 aromatic carbocycles. The lowest BCUT2D eigenvalue weighted by Crippen LogP contribution is -2.47. The number of nitrogens with zero attached hydrogens (tertiary/aromatic N) is 1. The summed E-state index contributed by atoms with van der Waals surface area (Å²) in [6, 6.07) is -0.973. The van der Waals surface area contributed by atoms with Gasteiger partial charge in [0.1, 0.15) is 6.04 Å². The Morgan fingerprint density at radius 3 is 2.55 bits per heavy atom. The number of nitrogens with one attached hydrogen (secondary N) is 2. The number of carbonyl (C=O) groups excluding carboxylic acids is 2. The molecule has 7 nitrogen and oxygen atoms in total. The molecule has 126 valence electrons. The van der Waals surface area contributed by atoms with E-state index >= 15 is 0 Å². The Labute approximate surface area is 131 Å².